The maximum Gasteiger partial charge on any atom is 0.233 e. The van der Waals surface area contributed by atoms with Gasteiger partial charge in [-0.1, -0.05) is 47.5 Å². The molecule has 0 aliphatic rings. The van der Waals surface area contributed by atoms with Crippen LogP contribution in [0.3, 0.4) is 0 Å². The molecule has 7 heteroatoms. The molecule has 5 nitrogen and oxygen atoms in total. The van der Waals surface area contributed by atoms with Crippen LogP contribution < -0.4 is 5.32 Å². The maximum atomic E-state index is 13.1. The van der Waals surface area contributed by atoms with Gasteiger partial charge < -0.3 is 9.73 Å². The van der Waals surface area contributed by atoms with Gasteiger partial charge in [0.15, 0.2) is 0 Å². The third-order valence-electron chi connectivity index (χ3n) is 3.94. The van der Waals surface area contributed by atoms with Gasteiger partial charge in [0.2, 0.25) is 26.6 Å². The molecule has 0 spiro atoms. The Bertz CT molecular complexity index is 1020. The first kappa shape index (κ1) is 19.6. The fraction of sp³-hybridized carbons (Fsp3) is 0.250. The van der Waals surface area contributed by atoms with E-state index in [2.05, 4.69) is 26.2 Å². The number of halogens is 1. The van der Waals surface area contributed by atoms with Gasteiger partial charge in [-0.15, -0.1) is 0 Å². The van der Waals surface area contributed by atoms with Gasteiger partial charge in [0, 0.05) is 16.6 Å². The van der Waals surface area contributed by atoms with Crippen LogP contribution in [0.5, 0.6) is 0 Å². The van der Waals surface area contributed by atoms with Gasteiger partial charge in [-0.05, 0) is 49.2 Å². The van der Waals surface area contributed by atoms with Gasteiger partial charge in [-0.25, -0.2) is 8.42 Å². The van der Waals surface area contributed by atoms with Crippen molar-refractivity contribution in [3.8, 4) is 11.5 Å². The van der Waals surface area contributed by atoms with Crippen LogP contribution in [0.15, 0.2) is 67.3 Å². The average molecular weight is 449 g/mol. The number of oxazole rings is 1. The Labute approximate surface area is 167 Å². The summed E-state index contributed by atoms with van der Waals surface area (Å²) in [6.07, 6.45) is 0. The highest BCUT2D eigenvalue weighted by Gasteiger charge is 2.28. The number of aryl methyl sites for hydroxylation is 1. The number of aromatic nitrogens is 1. The second-order valence-electron chi connectivity index (χ2n) is 6.75. The predicted molar refractivity (Wildman–Crippen MR) is 110 cm³/mol. The molecule has 1 aromatic heterocycles. The number of benzene rings is 2. The summed E-state index contributed by atoms with van der Waals surface area (Å²) in [4.78, 5) is 4.52. The van der Waals surface area contributed by atoms with Crippen LogP contribution in [0, 0.1) is 12.8 Å². The summed E-state index contributed by atoms with van der Waals surface area (Å²) in [6, 6.07) is 14.1. The lowest BCUT2D eigenvalue weighted by molar-refractivity contribution is 0.567. The van der Waals surface area contributed by atoms with Crippen LogP contribution >= 0.6 is 15.9 Å². The Morgan fingerprint density at radius 2 is 1.70 bits per heavy atom. The number of sulfone groups is 1. The van der Waals surface area contributed by atoms with E-state index in [1.54, 1.807) is 24.3 Å². The minimum Gasteiger partial charge on any atom is -0.419 e. The van der Waals surface area contributed by atoms with Gasteiger partial charge in [-0.2, -0.15) is 4.98 Å². The number of anilines is 1. The molecular weight excluding hydrogens is 428 g/mol. The highest BCUT2D eigenvalue weighted by molar-refractivity contribution is 9.10. The molecule has 0 unspecified atom stereocenters. The Kier molecular flexibility index (Phi) is 5.72. The molecule has 0 amide bonds. The van der Waals surface area contributed by atoms with E-state index in [-0.39, 0.29) is 21.7 Å². The molecule has 0 aliphatic heterocycles. The summed E-state index contributed by atoms with van der Waals surface area (Å²) in [5.41, 5.74) is 1.69. The van der Waals surface area contributed by atoms with E-state index in [0.29, 0.717) is 18.0 Å². The SMILES string of the molecule is Cc1ccc(S(=O)(=O)c2nc(-c3ccc(Br)cc3)oc2NCC(C)C)cc1. The zero-order chi connectivity index (χ0) is 19.6. The Hall–Kier alpha value is -2.12. The van der Waals surface area contributed by atoms with Crippen LogP contribution in [0.2, 0.25) is 0 Å². The van der Waals surface area contributed by atoms with Crippen molar-refractivity contribution in [1.82, 2.24) is 4.98 Å². The summed E-state index contributed by atoms with van der Waals surface area (Å²) in [7, 11) is -3.81. The lowest BCUT2D eigenvalue weighted by atomic mass is 10.2. The van der Waals surface area contributed by atoms with E-state index >= 15 is 0 Å². The molecule has 27 heavy (non-hydrogen) atoms. The van der Waals surface area contributed by atoms with Crippen molar-refractivity contribution in [3.05, 3.63) is 58.6 Å². The Balaban J connectivity index is 2.08. The molecule has 0 radical (unpaired) electrons. The van der Waals surface area contributed by atoms with Gasteiger partial charge in [0.05, 0.1) is 4.90 Å². The van der Waals surface area contributed by atoms with E-state index in [9.17, 15) is 8.42 Å². The topological polar surface area (TPSA) is 72.2 Å². The normalized spacial score (nSPS) is 11.7. The second-order valence-corrected chi connectivity index (χ2v) is 9.53. The lowest BCUT2D eigenvalue weighted by Gasteiger charge is -2.08. The predicted octanol–water partition coefficient (Wildman–Crippen LogP) is 5.31. The van der Waals surface area contributed by atoms with Crippen molar-refractivity contribution >= 4 is 31.7 Å². The molecule has 0 saturated heterocycles. The highest BCUT2D eigenvalue weighted by Crippen LogP contribution is 2.33. The quantitative estimate of drug-likeness (QED) is 0.552. The van der Waals surface area contributed by atoms with Gasteiger partial charge in [0.1, 0.15) is 0 Å². The molecule has 142 valence electrons. The van der Waals surface area contributed by atoms with Crippen LogP contribution in [0.4, 0.5) is 5.88 Å². The summed E-state index contributed by atoms with van der Waals surface area (Å²) in [5.74, 6) is 0.753. The van der Waals surface area contributed by atoms with Gasteiger partial charge in [0.25, 0.3) is 0 Å². The molecule has 0 atom stereocenters. The van der Waals surface area contributed by atoms with Crippen LogP contribution in [0.25, 0.3) is 11.5 Å². The molecule has 0 aliphatic carbocycles. The van der Waals surface area contributed by atoms with Crippen LogP contribution in [-0.2, 0) is 9.84 Å². The zero-order valence-electron chi connectivity index (χ0n) is 15.4. The van der Waals surface area contributed by atoms with E-state index in [4.69, 9.17) is 4.42 Å². The van der Waals surface area contributed by atoms with E-state index in [1.165, 1.54) is 0 Å². The first-order valence-electron chi connectivity index (χ1n) is 8.60. The highest BCUT2D eigenvalue weighted by atomic mass is 79.9. The van der Waals surface area contributed by atoms with E-state index in [0.717, 1.165) is 10.0 Å². The fourth-order valence-corrected chi connectivity index (χ4v) is 3.98. The summed E-state index contributed by atoms with van der Waals surface area (Å²) in [5, 5.41) is 2.99. The van der Waals surface area contributed by atoms with Crippen molar-refractivity contribution in [2.24, 2.45) is 5.92 Å². The largest absolute Gasteiger partial charge is 0.419 e. The smallest absolute Gasteiger partial charge is 0.233 e. The molecule has 1 heterocycles. The summed E-state index contributed by atoms with van der Waals surface area (Å²) < 4.78 is 33.0. The summed E-state index contributed by atoms with van der Waals surface area (Å²) >= 11 is 3.39. The first-order valence-corrected chi connectivity index (χ1v) is 10.9. The lowest BCUT2D eigenvalue weighted by Crippen LogP contribution is -2.11. The minimum atomic E-state index is -3.81. The average Bonchev–Trinajstić information content (AvgIpc) is 3.06. The molecule has 1 N–H and O–H groups in total. The second kappa shape index (κ2) is 7.86. The van der Waals surface area contributed by atoms with Crippen molar-refractivity contribution in [2.45, 2.75) is 30.7 Å². The molecule has 2 aromatic carbocycles. The first-order chi connectivity index (χ1) is 12.8. The van der Waals surface area contributed by atoms with Gasteiger partial charge >= 0.3 is 0 Å². The van der Waals surface area contributed by atoms with E-state index < -0.39 is 9.84 Å². The molecule has 3 aromatic rings. The minimum absolute atomic E-state index is 0.0927. The molecular formula is C20H21BrN2O3S. The maximum absolute atomic E-state index is 13.1. The number of hydrogen-bond acceptors (Lipinski definition) is 5. The molecule has 3 rings (SSSR count). The van der Waals surface area contributed by atoms with E-state index in [1.807, 2.05) is 45.0 Å². The number of nitrogens with one attached hydrogen (secondary N) is 1. The number of hydrogen-bond donors (Lipinski definition) is 1. The third-order valence-corrected chi connectivity index (χ3v) is 6.15. The van der Waals surface area contributed by atoms with Crippen LogP contribution in [-0.4, -0.2) is 19.9 Å². The summed E-state index contributed by atoms with van der Waals surface area (Å²) in [6.45, 7) is 6.56. The molecule has 0 saturated carbocycles. The third kappa shape index (κ3) is 4.42. The Morgan fingerprint density at radius 3 is 2.30 bits per heavy atom. The molecule has 0 fully saturated rings. The Morgan fingerprint density at radius 1 is 1.07 bits per heavy atom. The standard InChI is InChI=1S/C20H21BrN2O3S/c1-13(2)12-22-19-20(27(24,25)17-10-4-14(3)5-11-17)23-18(26-19)15-6-8-16(21)9-7-15/h4-11,13,22H,12H2,1-3H3. The monoisotopic (exact) mass is 448 g/mol. The van der Waals surface area contributed by atoms with Gasteiger partial charge in [-0.3, -0.25) is 0 Å². The van der Waals surface area contributed by atoms with Crippen LogP contribution in [0.1, 0.15) is 19.4 Å². The molecule has 0 bridgehead atoms. The van der Waals surface area contributed by atoms with Crippen molar-refractivity contribution in [2.75, 3.05) is 11.9 Å². The van der Waals surface area contributed by atoms with Crippen molar-refractivity contribution in [3.63, 3.8) is 0 Å². The van der Waals surface area contributed by atoms with Crippen molar-refractivity contribution < 1.29 is 12.8 Å². The van der Waals surface area contributed by atoms with Crippen molar-refractivity contribution in [1.29, 1.82) is 0 Å². The fourth-order valence-electron chi connectivity index (χ4n) is 2.44. The number of nitrogens with zero attached hydrogens (tertiary/aromatic N) is 1. The number of rotatable bonds is 6. The zero-order valence-corrected chi connectivity index (χ0v) is 17.8.